The first-order valence-electron chi connectivity index (χ1n) is 5.38. The largest absolute Gasteiger partial charge is 0.496 e. The molecule has 5 heteroatoms. The van der Waals surface area contributed by atoms with Crippen LogP contribution in [0.25, 0.3) is 0 Å². The first-order valence-corrected chi connectivity index (χ1v) is 6.17. The molecular weight excluding hydrogens is 305 g/mol. The number of rotatable bonds is 3. The Hall–Kier alpha value is -0.450. The van der Waals surface area contributed by atoms with Crippen molar-refractivity contribution in [3.63, 3.8) is 0 Å². The number of hydrogen-bond donors (Lipinski definition) is 1. The van der Waals surface area contributed by atoms with Crippen LogP contribution in [0.15, 0.2) is 16.6 Å². The summed E-state index contributed by atoms with van der Waals surface area (Å²) >= 11 is 3.47. The zero-order valence-electron chi connectivity index (χ0n) is 9.96. The Labute approximate surface area is 116 Å². The van der Waals surface area contributed by atoms with Crippen LogP contribution >= 0.6 is 28.3 Å². The lowest BCUT2D eigenvalue weighted by Gasteiger charge is -2.16. The highest BCUT2D eigenvalue weighted by molar-refractivity contribution is 9.10. The Morgan fingerprint density at radius 2 is 1.94 bits per heavy atom. The third-order valence-corrected chi connectivity index (χ3v) is 3.62. The molecule has 1 heterocycles. The van der Waals surface area contributed by atoms with E-state index in [1.807, 2.05) is 6.07 Å². The monoisotopic (exact) mass is 321 g/mol. The van der Waals surface area contributed by atoms with Crippen LogP contribution in [0.2, 0.25) is 0 Å². The minimum atomic E-state index is 0. The molecule has 17 heavy (non-hydrogen) atoms. The summed E-state index contributed by atoms with van der Waals surface area (Å²) in [5, 5.41) is 3.37. The average molecular weight is 323 g/mol. The number of methoxy groups -OCH3 is 2. The smallest absolute Gasteiger partial charge is 0.133 e. The fourth-order valence-electron chi connectivity index (χ4n) is 2.12. The van der Waals surface area contributed by atoms with Crippen LogP contribution in [0.1, 0.15) is 17.9 Å². The Kier molecular flexibility index (Phi) is 5.56. The minimum Gasteiger partial charge on any atom is -0.496 e. The topological polar surface area (TPSA) is 30.5 Å². The standard InChI is InChI=1S/C12H16BrNO2.ClH/c1-15-11-6-10(13)12(16-2)5-9(11)8-3-4-14-7-8;/h5-6,8,14H,3-4,7H2,1-2H3;1H. The van der Waals surface area contributed by atoms with Crippen LogP contribution in [0.5, 0.6) is 11.5 Å². The van der Waals surface area contributed by atoms with Crippen molar-refractivity contribution < 1.29 is 9.47 Å². The van der Waals surface area contributed by atoms with Crippen LogP contribution in [-0.2, 0) is 0 Å². The molecule has 0 saturated carbocycles. The Morgan fingerprint density at radius 1 is 1.24 bits per heavy atom. The van der Waals surface area contributed by atoms with Crippen molar-refractivity contribution in [3.05, 3.63) is 22.2 Å². The molecule has 1 aliphatic heterocycles. The Balaban J connectivity index is 0.00000144. The van der Waals surface area contributed by atoms with Gasteiger partial charge in [-0.1, -0.05) is 0 Å². The summed E-state index contributed by atoms with van der Waals surface area (Å²) in [5.41, 5.74) is 1.23. The van der Waals surface area contributed by atoms with Gasteiger partial charge in [0.1, 0.15) is 11.5 Å². The summed E-state index contributed by atoms with van der Waals surface area (Å²) < 4.78 is 11.7. The lowest BCUT2D eigenvalue weighted by Crippen LogP contribution is -2.09. The van der Waals surface area contributed by atoms with E-state index >= 15 is 0 Å². The molecule has 0 radical (unpaired) electrons. The summed E-state index contributed by atoms with van der Waals surface area (Å²) in [6.45, 7) is 2.09. The van der Waals surface area contributed by atoms with Crippen LogP contribution in [0.3, 0.4) is 0 Å². The molecule has 1 saturated heterocycles. The maximum Gasteiger partial charge on any atom is 0.133 e. The van der Waals surface area contributed by atoms with Crippen molar-refractivity contribution in [1.82, 2.24) is 5.32 Å². The van der Waals surface area contributed by atoms with Crippen LogP contribution in [0, 0.1) is 0 Å². The average Bonchev–Trinajstić information content (AvgIpc) is 2.82. The molecule has 0 aromatic heterocycles. The summed E-state index contributed by atoms with van der Waals surface area (Å²) in [7, 11) is 3.39. The normalized spacial score (nSPS) is 18.6. The number of halogens is 2. The van der Waals surface area contributed by atoms with E-state index in [1.165, 1.54) is 5.56 Å². The molecule has 1 unspecified atom stereocenters. The van der Waals surface area contributed by atoms with Crippen molar-refractivity contribution in [3.8, 4) is 11.5 Å². The molecule has 3 nitrogen and oxygen atoms in total. The molecular formula is C12H17BrClNO2. The minimum absolute atomic E-state index is 0. The molecule has 2 rings (SSSR count). The Bertz CT molecular complexity index is 381. The predicted molar refractivity (Wildman–Crippen MR) is 74.7 cm³/mol. The first-order chi connectivity index (χ1) is 7.76. The predicted octanol–water partition coefficient (Wildman–Crippen LogP) is 2.97. The second-order valence-corrected chi connectivity index (χ2v) is 4.77. The van der Waals surface area contributed by atoms with Gasteiger partial charge in [0.05, 0.1) is 18.7 Å². The van der Waals surface area contributed by atoms with Crippen molar-refractivity contribution in [2.45, 2.75) is 12.3 Å². The Morgan fingerprint density at radius 3 is 2.47 bits per heavy atom. The van der Waals surface area contributed by atoms with Gasteiger partial charge in [-0.3, -0.25) is 0 Å². The number of hydrogen-bond acceptors (Lipinski definition) is 3. The van der Waals surface area contributed by atoms with Gasteiger partial charge >= 0.3 is 0 Å². The highest BCUT2D eigenvalue weighted by Gasteiger charge is 2.21. The van der Waals surface area contributed by atoms with E-state index in [-0.39, 0.29) is 12.4 Å². The molecule has 0 amide bonds. The molecule has 1 fully saturated rings. The summed E-state index contributed by atoms with van der Waals surface area (Å²) in [5.74, 6) is 2.32. The summed E-state index contributed by atoms with van der Waals surface area (Å²) in [6.07, 6.45) is 1.15. The van der Waals surface area contributed by atoms with Gasteiger partial charge in [-0.05, 0) is 41.0 Å². The van der Waals surface area contributed by atoms with E-state index in [4.69, 9.17) is 9.47 Å². The van der Waals surface area contributed by atoms with E-state index in [0.29, 0.717) is 5.92 Å². The van der Waals surface area contributed by atoms with Gasteiger partial charge in [-0.25, -0.2) is 0 Å². The van der Waals surface area contributed by atoms with Gasteiger partial charge in [0, 0.05) is 18.0 Å². The second kappa shape index (κ2) is 6.47. The van der Waals surface area contributed by atoms with Crippen LogP contribution in [-0.4, -0.2) is 27.3 Å². The van der Waals surface area contributed by atoms with Gasteiger partial charge in [0.15, 0.2) is 0 Å². The van der Waals surface area contributed by atoms with E-state index in [2.05, 4.69) is 27.3 Å². The number of benzene rings is 1. The summed E-state index contributed by atoms with van der Waals surface area (Å²) in [4.78, 5) is 0. The third kappa shape index (κ3) is 3.06. The molecule has 0 bridgehead atoms. The molecule has 1 N–H and O–H groups in total. The van der Waals surface area contributed by atoms with E-state index in [9.17, 15) is 0 Å². The van der Waals surface area contributed by atoms with Crippen LogP contribution in [0.4, 0.5) is 0 Å². The van der Waals surface area contributed by atoms with Gasteiger partial charge in [-0.15, -0.1) is 12.4 Å². The lowest BCUT2D eigenvalue weighted by molar-refractivity contribution is 0.394. The SMILES string of the molecule is COc1cc(C2CCNC2)c(OC)cc1Br.Cl. The lowest BCUT2D eigenvalue weighted by atomic mass is 9.97. The van der Waals surface area contributed by atoms with Crippen molar-refractivity contribution in [2.75, 3.05) is 27.3 Å². The fraction of sp³-hybridized carbons (Fsp3) is 0.500. The van der Waals surface area contributed by atoms with Crippen LogP contribution < -0.4 is 14.8 Å². The molecule has 1 atom stereocenters. The summed E-state index contributed by atoms with van der Waals surface area (Å²) in [6, 6.07) is 4.05. The highest BCUT2D eigenvalue weighted by atomic mass is 79.9. The first kappa shape index (κ1) is 14.6. The molecule has 1 aromatic rings. The number of ether oxygens (including phenoxy) is 2. The highest BCUT2D eigenvalue weighted by Crippen LogP contribution is 2.38. The third-order valence-electron chi connectivity index (χ3n) is 3.00. The molecule has 96 valence electrons. The van der Waals surface area contributed by atoms with Crippen molar-refractivity contribution >= 4 is 28.3 Å². The molecule has 1 aromatic carbocycles. The van der Waals surface area contributed by atoms with Gasteiger partial charge in [-0.2, -0.15) is 0 Å². The van der Waals surface area contributed by atoms with Gasteiger partial charge < -0.3 is 14.8 Å². The molecule has 1 aliphatic rings. The zero-order chi connectivity index (χ0) is 11.5. The van der Waals surface area contributed by atoms with Gasteiger partial charge in [0.2, 0.25) is 0 Å². The fourth-order valence-corrected chi connectivity index (χ4v) is 2.61. The maximum absolute atomic E-state index is 5.42. The number of nitrogens with one attached hydrogen (secondary N) is 1. The molecule has 0 spiro atoms. The van der Waals surface area contributed by atoms with Crippen molar-refractivity contribution in [2.24, 2.45) is 0 Å². The zero-order valence-corrected chi connectivity index (χ0v) is 12.4. The second-order valence-electron chi connectivity index (χ2n) is 3.92. The van der Waals surface area contributed by atoms with E-state index in [1.54, 1.807) is 14.2 Å². The van der Waals surface area contributed by atoms with E-state index < -0.39 is 0 Å². The van der Waals surface area contributed by atoms with Gasteiger partial charge in [0.25, 0.3) is 0 Å². The quantitative estimate of drug-likeness (QED) is 0.928. The maximum atomic E-state index is 5.42. The van der Waals surface area contributed by atoms with E-state index in [0.717, 1.165) is 35.5 Å². The van der Waals surface area contributed by atoms with Crippen molar-refractivity contribution in [1.29, 1.82) is 0 Å². The molecule has 0 aliphatic carbocycles.